The number of halogens is 3. The highest BCUT2D eigenvalue weighted by atomic mass is 127. The van der Waals surface area contributed by atoms with E-state index in [4.69, 9.17) is 9.47 Å². The van der Waals surface area contributed by atoms with E-state index in [0.717, 1.165) is 12.1 Å². The van der Waals surface area contributed by atoms with Crippen molar-refractivity contribution in [2.24, 2.45) is 0 Å². The highest BCUT2D eigenvalue weighted by molar-refractivity contribution is 14.1. The molecule has 0 amide bonds. The van der Waals surface area contributed by atoms with Gasteiger partial charge in [0, 0.05) is 14.7 Å². The summed E-state index contributed by atoms with van der Waals surface area (Å²) in [5.41, 5.74) is 0.126. The third-order valence-electron chi connectivity index (χ3n) is 2.80. The molecule has 0 heterocycles. The molecule has 1 rings (SSSR count). The van der Waals surface area contributed by atoms with Crippen LogP contribution in [0, 0.1) is 9.39 Å². The summed E-state index contributed by atoms with van der Waals surface area (Å²) < 4.78 is 30.1. The van der Waals surface area contributed by atoms with E-state index in [-0.39, 0.29) is 22.6 Å². The van der Waals surface area contributed by atoms with E-state index >= 15 is 0 Å². The Hall–Kier alpha value is -0.193. The van der Waals surface area contributed by atoms with Gasteiger partial charge in [-0.15, -0.1) is 0 Å². The highest BCUT2D eigenvalue weighted by Crippen LogP contribution is 2.35. The Kier molecular flexibility index (Phi) is 7.76. The van der Waals surface area contributed by atoms with E-state index in [0.29, 0.717) is 10.2 Å². The van der Waals surface area contributed by atoms with Crippen molar-refractivity contribution < 1.29 is 23.4 Å². The van der Waals surface area contributed by atoms with Gasteiger partial charge in [0.1, 0.15) is 5.82 Å². The first-order valence-electron chi connectivity index (χ1n) is 6.63. The Morgan fingerprint density at radius 2 is 2.05 bits per heavy atom. The Labute approximate surface area is 153 Å². The molecule has 0 bridgehead atoms. The van der Waals surface area contributed by atoms with Crippen molar-refractivity contribution in [1.82, 2.24) is 0 Å². The van der Waals surface area contributed by atoms with Crippen molar-refractivity contribution in [3.8, 4) is 5.75 Å². The quantitative estimate of drug-likeness (QED) is 0.135. The van der Waals surface area contributed by atoms with Gasteiger partial charge in [-0.3, -0.25) is 0 Å². The Morgan fingerprint density at radius 3 is 2.59 bits per heavy atom. The summed E-state index contributed by atoms with van der Waals surface area (Å²) in [6.07, 6.45) is 0. The van der Waals surface area contributed by atoms with Crippen molar-refractivity contribution in [1.29, 1.82) is 0 Å². The highest BCUT2D eigenvalue weighted by Gasteiger charge is 2.21. The molecule has 0 saturated heterocycles. The Bertz CT molecular complexity index is 549. The van der Waals surface area contributed by atoms with E-state index in [1.807, 2.05) is 22.6 Å². The monoisotopic (exact) mass is 504 g/mol. The Morgan fingerprint density at radius 1 is 1.41 bits per heavy atom. The van der Waals surface area contributed by atoms with Crippen LogP contribution in [0.4, 0.5) is 4.39 Å². The molecular weight excluding hydrogens is 486 g/mol. The number of carbonyl (C=O) groups excluding carboxylic acids is 1. The van der Waals surface area contributed by atoms with Crippen LogP contribution in [0.2, 0.25) is 25.7 Å². The summed E-state index contributed by atoms with van der Waals surface area (Å²) in [5.74, 6) is -0.952. The molecule has 0 saturated carbocycles. The molecule has 0 radical (unpaired) electrons. The van der Waals surface area contributed by atoms with Crippen molar-refractivity contribution >= 4 is 52.6 Å². The number of hydrogen-bond acceptors (Lipinski definition) is 4. The van der Waals surface area contributed by atoms with Crippen molar-refractivity contribution in [3.63, 3.8) is 0 Å². The second-order valence-electron chi connectivity index (χ2n) is 5.84. The average molecular weight is 505 g/mol. The molecular formula is C14H19BrFIO4Si. The van der Waals surface area contributed by atoms with Gasteiger partial charge in [-0.25, -0.2) is 9.18 Å². The minimum absolute atomic E-state index is 0.00312. The maximum atomic E-state index is 13.9. The van der Waals surface area contributed by atoms with Gasteiger partial charge in [0.25, 0.3) is 0 Å². The molecule has 0 aliphatic carbocycles. The summed E-state index contributed by atoms with van der Waals surface area (Å²) in [5, 5.41) is 0. The maximum Gasteiger partial charge on any atom is 0.339 e. The third-order valence-corrected chi connectivity index (χ3v) is 6.32. The summed E-state index contributed by atoms with van der Waals surface area (Å²) >= 11 is 5.06. The average Bonchev–Trinajstić information content (AvgIpc) is 2.43. The standard InChI is InChI=1S/C14H19BrFIO4Si/c1-19-14(18)9-7-10(16)11(15)13(12(9)17)21-8-20-5-6-22(2,3)4/h7H,5-6,8H2,1-4H3. The molecule has 124 valence electrons. The van der Waals surface area contributed by atoms with Crippen LogP contribution in [0.25, 0.3) is 0 Å². The second-order valence-corrected chi connectivity index (χ2v) is 13.3. The molecule has 0 aliphatic heterocycles. The minimum atomic E-state index is -1.16. The SMILES string of the molecule is COC(=O)c1cc(F)c(Br)c(OCOCC[Si](C)(C)C)c1I. The molecule has 1 aromatic rings. The molecule has 22 heavy (non-hydrogen) atoms. The molecule has 0 spiro atoms. The zero-order valence-corrected chi connectivity index (χ0v) is 17.7. The molecule has 0 aliphatic rings. The predicted molar refractivity (Wildman–Crippen MR) is 97.8 cm³/mol. The fraction of sp³-hybridized carbons (Fsp3) is 0.500. The lowest BCUT2D eigenvalue weighted by Crippen LogP contribution is -2.22. The molecule has 8 heteroatoms. The zero-order valence-electron chi connectivity index (χ0n) is 13.0. The van der Waals surface area contributed by atoms with Gasteiger partial charge < -0.3 is 14.2 Å². The van der Waals surface area contributed by atoms with Crippen LogP contribution in [0.5, 0.6) is 5.75 Å². The third kappa shape index (κ3) is 5.78. The number of carbonyl (C=O) groups is 1. The number of benzene rings is 1. The summed E-state index contributed by atoms with van der Waals surface area (Å²) in [6.45, 7) is 7.37. The van der Waals surface area contributed by atoms with Gasteiger partial charge in [-0.05, 0) is 50.6 Å². The number of methoxy groups -OCH3 is 1. The lowest BCUT2D eigenvalue weighted by atomic mass is 10.2. The van der Waals surface area contributed by atoms with Crippen molar-refractivity contribution in [3.05, 3.63) is 25.5 Å². The van der Waals surface area contributed by atoms with E-state index in [2.05, 4.69) is 40.3 Å². The lowest BCUT2D eigenvalue weighted by molar-refractivity contribution is 0.0206. The first kappa shape index (κ1) is 19.9. The van der Waals surface area contributed by atoms with Crippen LogP contribution in [0.1, 0.15) is 10.4 Å². The van der Waals surface area contributed by atoms with Gasteiger partial charge >= 0.3 is 5.97 Å². The normalized spacial score (nSPS) is 11.4. The summed E-state index contributed by atoms with van der Waals surface area (Å²) in [4.78, 5) is 11.6. The predicted octanol–water partition coefficient (Wildman–Crippen LogP) is 4.67. The minimum Gasteiger partial charge on any atom is -0.465 e. The Balaban J connectivity index is 2.78. The maximum absolute atomic E-state index is 13.9. The molecule has 0 N–H and O–H groups in total. The number of rotatable bonds is 7. The van der Waals surface area contributed by atoms with E-state index in [1.54, 1.807) is 0 Å². The van der Waals surface area contributed by atoms with Crippen LogP contribution < -0.4 is 4.74 Å². The van der Waals surface area contributed by atoms with Crippen LogP contribution in [-0.4, -0.2) is 34.6 Å². The molecule has 1 aromatic carbocycles. The summed E-state index contributed by atoms with van der Waals surface area (Å²) in [6, 6.07) is 2.14. The van der Waals surface area contributed by atoms with Gasteiger partial charge in [-0.1, -0.05) is 19.6 Å². The van der Waals surface area contributed by atoms with Gasteiger partial charge in [0.2, 0.25) is 0 Å². The number of esters is 1. The zero-order chi connectivity index (χ0) is 16.9. The van der Waals surface area contributed by atoms with Crippen LogP contribution in [0.15, 0.2) is 10.5 Å². The smallest absolute Gasteiger partial charge is 0.339 e. The van der Waals surface area contributed by atoms with Gasteiger partial charge in [0.05, 0.1) is 20.7 Å². The topological polar surface area (TPSA) is 44.8 Å². The molecule has 0 atom stereocenters. The molecule has 0 fully saturated rings. The van der Waals surface area contributed by atoms with E-state index in [1.165, 1.54) is 7.11 Å². The second kappa shape index (κ2) is 8.60. The van der Waals surface area contributed by atoms with Crippen LogP contribution in [0.3, 0.4) is 0 Å². The van der Waals surface area contributed by atoms with Crippen molar-refractivity contribution in [2.75, 3.05) is 20.5 Å². The first-order valence-corrected chi connectivity index (χ1v) is 12.2. The number of ether oxygens (including phenoxy) is 3. The molecule has 4 nitrogen and oxygen atoms in total. The summed E-state index contributed by atoms with van der Waals surface area (Å²) in [7, 11) is 0.0899. The van der Waals surface area contributed by atoms with Crippen LogP contribution in [-0.2, 0) is 9.47 Å². The fourth-order valence-electron chi connectivity index (χ4n) is 1.50. The largest absolute Gasteiger partial charge is 0.465 e. The number of hydrogen-bond donors (Lipinski definition) is 0. The van der Waals surface area contributed by atoms with Crippen molar-refractivity contribution in [2.45, 2.75) is 25.7 Å². The molecule has 0 unspecified atom stereocenters. The molecule has 0 aromatic heterocycles. The first-order chi connectivity index (χ1) is 10.2. The van der Waals surface area contributed by atoms with E-state index < -0.39 is 19.9 Å². The fourth-order valence-corrected chi connectivity index (χ4v) is 3.86. The van der Waals surface area contributed by atoms with Gasteiger partial charge in [-0.2, -0.15) is 0 Å². The van der Waals surface area contributed by atoms with Gasteiger partial charge in [0.15, 0.2) is 12.5 Å². The lowest BCUT2D eigenvalue weighted by Gasteiger charge is -2.17. The van der Waals surface area contributed by atoms with Crippen LogP contribution >= 0.6 is 38.5 Å². The van der Waals surface area contributed by atoms with E-state index in [9.17, 15) is 9.18 Å².